The van der Waals surface area contributed by atoms with Gasteiger partial charge in [0, 0.05) is 0 Å². The molecule has 1 radical (unpaired) electrons. The molecule has 0 fully saturated rings. The van der Waals surface area contributed by atoms with E-state index >= 15 is 0 Å². The highest BCUT2D eigenvalue weighted by molar-refractivity contribution is 5.39. The first-order chi connectivity index (χ1) is 6.65. The number of nitriles is 1. The van der Waals surface area contributed by atoms with Gasteiger partial charge in [-0.15, -0.1) is 0 Å². The van der Waals surface area contributed by atoms with Crippen molar-refractivity contribution in [3.05, 3.63) is 41.5 Å². The second kappa shape index (κ2) is 4.78. The van der Waals surface area contributed by atoms with Gasteiger partial charge in [-0.3, -0.25) is 0 Å². The number of hydrogen-bond acceptors (Lipinski definition) is 2. The lowest BCUT2D eigenvalue weighted by molar-refractivity contribution is 0.414. The molecular formula is C12H14NO. The third-order valence-corrected chi connectivity index (χ3v) is 1.94. The Morgan fingerprint density at radius 2 is 2.14 bits per heavy atom. The first-order valence-corrected chi connectivity index (χ1v) is 4.67. The van der Waals surface area contributed by atoms with Gasteiger partial charge in [0.05, 0.1) is 11.6 Å². The largest absolute Gasteiger partial charge is 0.385 e. The van der Waals surface area contributed by atoms with Crippen LogP contribution < -0.4 is 0 Å². The summed E-state index contributed by atoms with van der Waals surface area (Å²) >= 11 is 0. The lowest BCUT2D eigenvalue weighted by Gasteiger charge is -2.06. The van der Waals surface area contributed by atoms with Crippen molar-refractivity contribution < 1.29 is 5.11 Å². The fraction of sp³-hybridized carbons (Fsp3) is 0.333. The minimum Gasteiger partial charge on any atom is -0.385 e. The lowest BCUT2D eigenvalue weighted by Crippen LogP contribution is -1.96. The van der Waals surface area contributed by atoms with Crippen molar-refractivity contribution in [3.8, 4) is 6.07 Å². The summed E-state index contributed by atoms with van der Waals surface area (Å²) in [6.45, 7) is 5.29. The zero-order valence-corrected chi connectivity index (χ0v) is 8.49. The number of rotatable bonds is 3. The van der Waals surface area contributed by atoms with Gasteiger partial charge in [0.1, 0.15) is 6.61 Å². The Morgan fingerprint density at radius 1 is 1.43 bits per heavy atom. The van der Waals surface area contributed by atoms with Crippen molar-refractivity contribution in [2.75, 3.05) is 0 Å². The van der Waals surface area contributed by atoms with Gasteiger partial charge in [0.25, 0.3) is 0 Å². The Kier molecular flexibility index (Phi) is 3.67. The summed E-state index contributed by atoms with van der Waals surface area (Å²) in [6, 6.07) is 7.53. The molecule has 1 rings (SSSR count). The molecule has 0 aromatic heterocycles. The molecule has 1 aromatic carbocycles. The van der Waals surface area contributed by atoms with Crippen LogP contribution in [-0.4, -0.2) is 5.11 Å². The highest BCUT2D eigenvalue weighted by Crippen LogP contribution is 2.14. The molecule has 0 unspecified atom stereocenters. The van der Waals surface area contributed by atoms with Crippen LogP contribution in [0.15, 0.2) is 18.2 Å². The van der Waals surface area contributed by atoms with Crippen LogP contribution in [0.5, 0.6) is 0 Å². The first-order valence-electron chi connectivity index (χ1n) is 4.67. The summed E-state index contributed by atoms with van der Waals surface area (Å²) < 4.78 is 0. The van der Waals surface area contributed by atoms with Gasteiger partial charge in [-0.1, -0.05) is 19.9 Å². The van der Waals surface area contributed by atoms with Crippen LogP contribution in [0.2, 0.25) is 0 Å². The molecule has 73 valence electrons. The molecule has 0 bridgehead atoms. The number of benzene rings is 1. The van der Waals surface area contributed by atoms with Crippen molar-refractivity contribution in [2.24, 2.45) is 5.92 Å². The average molecular weight is 188 g/mol. The average Bonchev–Trinajstić information content (AvgIpc) is 2.16. The van der Waals surface area contributed by atoms with Crippen molar-refractivity contribution in [1.82, 2.24) is 0 Å². The summed E-state index contributed by atoms with van der Waals surface area (Å²) in [4.78, 5) is 0. The second-order valence-corrected chi connectivity index (χ2v) is 3.80. The fourth-order valence-corrected chi connectivity index (χ4v) is 1.45. The predicted octanol–water partition coefficient (Wildman–Crippen LogP) is 2.64. The maximum absolute atomic E-state index is 8.88. The molecule has 0 saturated carbocycles. The molecule has 0 aliphatic heterocycles. The van der Waals surface area contributed by atoms with Crippen LogP contribution in [-0.2, 0) is 6.42 Å². The Hall–Kier alpha value is -1.33. The molecule has 0 atom stereocenters. The van der Waals surface area contributed by atoms with E-state index in [1.54, 1.807) is 6.07 Å². The van der Waals surface area contributed by atoms with Gasteiger partial charge in [-0.25, -0.2) is 0 Å². The second-order valence-electron chi connectivity index (χ2n) is 3.80. The molecule has 14 heavy (non-hydrogen) atoms. The molecular weight excluding hydrogens is 174 g/mol. The summed E-state index contributed by atoms with van der Waals surface area (Å²) in [7, 11) is 0. The molecule has 1 N–H and O–H groups in total. The van der Waals surface area contributed by atoms with E-state index in [-0.39, 0.29) is 0 Å². The highest BCUT2D eigenvalue weighted by Gasteiger charge is 2.02. The Labute approximate surface area is 84.8 Å². The van der Waals surface area contributed by atoms with Crippen LogP contribution in [0.3, 0.4) is 0 Å². The maximum Gasteiger partial charge on any atom is 0.109 e. The highest BCUT2D eigenvalue weighted by atomic mass is 16.3. The van der Waals surface area contributed by atoms with Crippen LogP contribution in [0, 0.1) is 23.9 Å². The Bertz CT molecular complexity index is 350. The van der Waals surface area contributed by atoms with Crippen molar-refractivity contribution >= 4 is 0 Å². The van der Waals surface area contributed by atoms with Gasteiger partial charge in [-0.05, 0) is 35.6 Å². The van der Waals surface area contributed by atoms with E-state index in [1.807, 2.05) is 12.1 Å². The van der Waals surface area contributed by atoms with Gasteiger partial charge < -0.3 is 5.11 Å². The lowest BCUT2D eigenvalue weighted by atomic mass is 9.99. The topological polar surface area (TPSA) is 44.0 Å². The van der Waals surface area contributed by atoms with Crippen molar-refractivity contribution in [1.29, 1.82) is 5.26 Å². The number of aliphatic hydroxyl groups excluding tert-OH is 1. The Balaban J connectivity index is 3.00. The van der Waals surface area contributed by atoms with Gasteiger partial charge in [0.15, 0.2) is 0 Å². The van der Waals surface area contributed by atoms with Gasteiger partial charge >= 0.3 is 0 Å². The smallest absolute Gasteiger partial charge is 0.109 e. The van der Waals surface area contributed by atoms with E-state index in [2.05, 4.69) is 19.9 Å². The van der Waals surface area contributed by atoms with Crippen LogP contribution in [0.1, 0.15) is 30.5 Å². The molecule has 0 heterocycles. The monoisotopic (exact) mass is 188 g/mol. The summed E-state index contributed by atoms with van der Waals surface area (Å²) in [5.74, 6) is 0.551. The zero-order chi connectivity index (χ0) is 10.6. The fourth-order valence-electron chi connectivity index (χ4n) is 1.45. The third-order valence-electron chi connectivity index (χ3n) is 1.94. The van der Waals surface area contributed by atoms with Gasteiger partial charge in [0.2, 0.25) is 0 Å². The standard InChI is InChI=1S/C12H14NO/c1-9(2)3-10-4-11(7-13)6-12(5-10)8-14/h4-6,8-9,14H,3H2,1-2H3. The number of aliphatic hydroxyl groups is 1. The van der Waals surface area contributed by atoms with Gasteiger partial charge in [-0.2, -0.15) is 5.26 Å². The maximum atomic E-state index is 8.88. The molecule has 0 aliphatic carbocycles. The third kappa shape index (κ3) is 2.86. The Morgan fingerprint density at radius 3 is 2.64 bits per heavy atom. The van der Waals surface area contributed by atoms with Crippen molar-refractivity contribution in [2.45, 2.75) is 20.3 Å². The minimum absolute atomic E-state index is 0.551. The molecule has 0 amide bonds. The quantitative estimate of drug-likeness (QED) is 0.792. The molecule has 0 aliphatic rings. The molecule has 2 nitrogen and oxygen atoms in total. The molecule has 0 spiro atoms. The summed E-state index contributed by atoms with van der Waals surface area (Å²) in [6.07, 6.45) is 0.927. The van der Waals surface area contributed by atoms with Crippen molar-refractivity contribution in [3.63, 3.8) is 0 Å². The van der Waals surface area contributed by atoms with E-state index < -0.39 is 0 Å². The van der Waals surface area contributed by atoms with Crippen LogP contribution in [0.25, 0.3) is 0 Å². The summed E-state index contributed by atoms with van der Waals surface area (Å²) in [5, 5.41) is 17.7. The minimum atomic E-state index is 0.551. The number of nitrogens with zero attached hydrogens (tertiary/aromatic N) is 1. The van der Waals surface area contributed by atoms with E-state index in [4.69, 9.17) is 10.4 Å². The number of hydrogen-bond donors (Lipinski definition) is 1. The van der Waals surface area contributed by atoms with E-state index in [9.17, 15) is 0 Å². The molecule has 0 saturated heterocycles. The van der Waals surface area contributed by atoms with Crippen LogP contribution >= 0.6 is 0 Å². The van der Waals surface area contributed by atoms with E-state index in [0.29, 0.717) is 17.0 Å². The predicted molar refractivity (Wildman–Crippen MR) is 55.0 cm³/mol. The zero-order valence-electron chi connectivity index (χ0n) is 8.49. The van der Waals surface area contributed by atoms with Crippen LogP contribution in [0.4, 0.5) is 0 Å². The molecule has 1 aromatic rings. The van der Waals surface area contributed by atoms with E-state index in [0.717, 1.165) is 18.6 Å². The normalized spacial score (nSPS) is 10.2. The van der Waals surface area contributed by atoms with E-state index in [1.165, 1.54) is 0 Å². The SMILES string of the molecule is CC(C)Cc1cc(C#N)cc([CH]O)c1. The summed E-state index contributed by atoms with van der Waals surface area (Å²) in [5.41, 5.74) is 2.39. The molecule has 2 heteroatoms. The first kappa shape index (κ1) is 10.7.